The summed E-state index contributed by atoms with van der Waals surface area (Å²) in [5.41, 5.74) is 0. The predicted octanol–water partition coefficient (Wildman–Crippen LogP) is 2.24. The van der Waals surface area contributed by atoms with Crippen molar-refractivity contribution in [1.82, 2.24) is 4.90 Å². The lowest BCUT2D eigenvalue weighted by atomic mass is 9.87. The van der Waals surface area contributed by atoms with E-state index in [1.165, 1.54) is 12.8 Å². The summed E-state index contributed by atoms with van der Waals surface area (Å²) in [6, 6.07) is 0. The average molecular weight is 215 g/mol. The first-order valence-electron chi connectivity index (χ1n) is 5.42. The van der Waals surface area contributed by atoms with Crippen LogP contribution in [-0.4, -0.2) is 35.9 Å². The van der Waals surface area contributed by atoms with Crippen LogP contribution >= 0.6 is 11.8 Å². The van der Waals surface area contributed by atoms with Gasteiger partial charge in [-0.2, -0.15) is 11.8 Å². The molecule has 0 unspecified atom stereocenters. The second-order valence-corrected chi connectivity index (χ2v) is 5.26. The number of piperidine rings is 1. The minimum absolute atomic E-state index is 0.319. The fourth-order valence-corrected chi connectivity index (χ4v) is 2.46. The van der Waals surface area contributed by atoms with Crippen molar-refractivity contribution in [3.05, 3.63) is 0 Å². The lowest BCUT2D eigenvalue weighted by Gasteiger charge is -2.33. The van der Waals surface area contributed by atoms with E-state index in [0.29, 0.717) is 11.7 Å². The standard InChI is InChI=1S/C11H21NOS/c1-9(2)10-4-6-12(7-5-10)11(13)8-14-3/h9-10H,4-8H2,1-3H3. The van der Waals surface area contributed by atoms with Crippen LogP contribution < -0.4 is 0 Å². The molecule has 0 saturated carbocycles. The SMILES string of the molecule is CSCC(=O)N1CCC(C(C)C)CC1. The first-order valence-corrected chi connectivity index (χ1v) is 6.81. The Kier molecular flexibility index (Phi) is 4.79. The number of hydrogen-bond donors (Lipinski definition) is 0. The summed E-state index contributed by atoms with van der Waals surface area (Å²) in [6.45, 7) is 6.51. The average Bonchev–Trinajstić information content (AvgIpc) is 2.18. The molecule has 0 spiro atoms. The zero-order chi connectivity index (χ0) is 10.6. The molecule has 1 saturated heterocycles. The van der Waals surface area contributed by atoms with Crippen LogP contribution in [0.15, 0.2) is 0 Å². The summed E-state index contributed by atoms with van der Waals surface area (Å²) in [4.78, 5) is 13.6. The van der Waals surface area contributed by atoms with Crippen molar-refractivity contribution in [2.75, 3.05) is 25.1 Å². The van der Waals surface area contributed by atoms with Gasteiger partial charge in [-0.15, -0.1) is 0 Å². The van der Waals surface area contributed by atoms with Crippen molar-refractivity contribution in [3.8, 4) is 0 Å². The van der Waals surface area contributed by atoms with Crippen molar-refractivity contribution >= 4 is 17.7 Å². The summed E-state index contributed by atoms with van der Waals surface area (Å²) >= 11 is 1.62. The van der Waals surface area contributed by atoms with Gasteiger partial charge in [0, 0.05) is 13.1 Å². The molecule has 0 aromatic carbocycles. The lowest BCUT2D eigenvalue weighted by Crippen LogP contribution is -2.40. The van der Waals surface area contributed by atoms with Gasteiger partial charge in [0.05, 0.1) is 5.75 Å². The molecule has 0 atom stereocenters. The molecule has 1 aliphatic heterocycles. The van der Waals surface area contributed by atoms with E-state index in [1.807, 2.05) is 11.2 Å². The number of hydrogen-bond acceptors (Lipinski definition) is 2. The van der Waals surface area contributed by atoms with Crippen LogP contribution in [0.5, 0.6) is 0 Å². The molecule has 14 heavy (non-hydrogen) atoms. The van der Waals surface area contributed by atoms with Crippen molar-refractivity contribution in [1.29, 1.82) is 0 Å². The molecule has 0 radical (unpaired) electrons. The molecule has 0 N–H and O–H groups in total. The van der Waals surface area contributed by atoms with Gasteiger partial charge in [0.25, 0.3) is 0 Å². The molecule has 0 aliphatic carbocycles. The zero-order valence-electron chi connectivity index (χ0n) is 9.45. The van der Waals surface area contributed by atoms with Crippen LogP contribution in [0.1, 0.15) is 26.7 Å². The highest BCUT2D eigenvalue weighted by Gasteiger charge is 2.23. The zero-order valence-corrected chi connectivity index (χ0v) is 10.3. The Balaban J connectivity index is 2.31. The fourth-order valence-electron chi connectivity index (χ4n) is 2.03. The molecule has 3 heteroatoms. The van der Waals surface area contributed by atoms with Crippen LogP contribution in [0.3, 0.4) is 0 Å². The Morgan fingerprint density at radius 3 is 2.43 bits per heavy atom. The molecule has 2 nitrogen and oxygen atoms in total. The summed E-state index contributed by atoms with van der Waals surface area (Å²) in [6.07, 6.45) is 4.37. The third-order valence-corrected chi connectivity index (χ3v) is 3.64. The number of carbonyl (C=O) groups excluding carboxylic acids is 1. The van der Waals surface area contributed by atoms with E-state index in [4.69, 9.17) is 0 Å². The molecule has 1 amide bonds. The van der Waals surface area contributed by atoms with Gasteiger partial charge in [-0.05, 0) is 30.9 Å². The molecular formula is C11H21NOS. The second-order valence-electron chi connectivity index (χ2n) is 4.40. The highest BCUT2D eigenvalue weighted by atomic mass is 32.2. The number of thioether (sulfide) groups is 1. The van der Waals surface area contributed by atoms with Crippen molar-refractivity contribution in [2.24, 2.45) is 11.8 Å². The number of carbonyl (C=O) groups is 1. The van der Waals surface area contributed by atoms with E-state index in [0.717, 1.165) is 24.9 Å². The summed E-state index contributed by atoms with van der Waals surface area (Å²) < 4.78 is 0. The van der Waals surface area contributed by atoms with Gasteiger partial charge in [0.2, 0.25) is 5.91 Å². The highest BCUT2D eigenvalue weighted by molar-refractivity contribution is 7.99. The van der Waals surface area contributed by atoms with E-state index in [9.17, 15) is 4.79 Å². The van der Waals surface area contributed by atoms with Gasteiger partial charge < -0.3 is 4.90 Å². The molecule has 82 valence electrons. The minimum Gasteiger partial charge on any atom is -0.342 e. The van der Waals surface area contributed by atoms with Crippen molar-refractivity contribution in [3.63, 3.8) is 0 Å². The topological polar surface area (TPSA) is 20.3 Å². The third kappa shape index (κ3) is 3.19. The van der Waals surface area contributed by atoms with E-state index < -0.39 is 0 Å². The van der Waals surface area contributed by atoms with E-state index in [2.05, 4.69) is 13.8 Å². The molecule has 1 fully saturated rings. The Labute approximate surface area is 91.4 Å². The Hall–Kier alpha value is -0.180. The van der Waals surface area contributed by atoms with Crippen LogP contribution in [-0.2, 0) is 4.79 Å². The monoisotopic (exact) mass is 215 g/mol. The maximum atomic E-state index is 11.6. The largest absolute Gasteiger partial charge is 0.342 e. The second kappa shape index (κ2) is 5.64. The Bertz CT molecular complexity index is 186. The smallest absolute Gasteiger partial charge is 0.232 e. The van der Waals surface area contributed by atoms with Gasteiger partial charge in [-0.25, -0.2) is 0 Å². The quantitative estimate of drug-likeness (QED) is 0.719. The minimum atomic E-state index is 0.319. The van der Waals surface area contributed by atoms with E-state index in [1.54, 1.807) is 11.8 Å². The normalized spacial score (nSPS) is 19.0. The lowest BCUT2D eigenvalue weighted by molar-refractivity contribution is -0.129. The molecule has 0 aromatic rings. The van der Waals surface area contributed by atoms with Gasteiger partial charge in [0.15, 0.2) is 0 Å². The van der Waals surface area contributed by atoms with Gasteiger partial charge >= 0.3 is 0 Å². The Morgan fingerprint density at radius 1 is 1.43 bits per heavy atom. The first kappa shape index (κ1) is 11.9. The molecule has 0 aromatic heterocycles. The first-order chi connectivity index (χ1) is 6.65. The van der Waals surface area contributed by atoms with Crippen LogP contribution in [0.25, 0.3) is 0 Å². The summed E-state index contributed by atoms with van der Waals surface area (Å²) in [5, 5.41) is 0. The summed E-state index contributed by atoms with van der Waals surface area (Å²) in [5.74, 6) is 2.56. The van der Waals surface area contributed by atoms with Crippen LogP contribution in [0.2, 0.25) is 0 Å². The van der Waals surface area contributed by atoms with Gasteiger partial charge in [-0.3, -0.25) is 4.79 Å². The molecular weight excluding hydrogens is 194 g/mol. The predicted molar refractivity (Wildman–Crippen MR) is 62.5 cm³/mol. The number of likely N-dealkylation sites (tertiary alicyclic amines) is 1. The van der Waals surface area contributed by atoms with Gasteiger partial charge in [0.1, 0.15) is 0 Å². The van der Waals surface area contributed by atoms with Crippen molar-refractivity contribution < 1.29 is 4.79 Å². The van der Waals surface area contributed by atoms with Crippen LogP contribution in [0.4, 0.5) is 0 Å². The molecule has 1 rings (SSSR count). The highest BCUT2D eigenvalue weighted by Crippen LogP contribution is 2.24. The molecule has 1 aliphatic rings. The summed E-state index contributed by atoms with van der Waals surface area (Å²) in [7, 11) is 0. The molecule has 1 heterocycles. The number of amides is 1. The fraction of sp³-hybridized carbons (Fsp3) is 0.909. The third-order valence-electron chi connectivity index (χ3n) is 3.10. The van der Waals surface area contributed by atoms with Crippen LogP contribution in [0, 0.1) is 11.8 Å². The maximum Gasteiger partial charge on any atom is 0.232 e. The van der Waals surface area contributed by atoms with Gasteiger partial charge in [-0.1, -0.05) is 13.8 Å². The van der Waals surface area contributed by atoms with E-state index in [-0.39, 0.29) is 0 Å². The molecule has 0 bridgehead atoms. The van der Waals surface area contributed by atoms with E-state index >= 15 is 0 Å². The number of rotatable bonds is 3. The maximum absolute atomic E-state index is 11.6. The number of nitrogens with zero attached hydrogens (tertiary/aromatic N) is 1. The van der Waals surface area contributed by atoms with Crippen molar-refractivity contribution in [2.45, 2.75) is 26.7 Å². The Morgan fingerprint density at radius 2 is 2.00 bits per heavy atom.